The Hall–Kier alpha value is -2.80. The van der Waals surface area contributed by atoms with Crippen LogP contribution >= 0.6 is 23.2 Å². The van der Waals surface area contributed by atoms with Crippen LogP contribution in [0.3, 0.4) is 0 Å². The predicted octanol–water partition coefficient (Wildman–Crippen LogP) is 5.56. The van der Waals surface area contributed by atoms with Gasteiger partial charge in [-0.1, -0.05) is 53.5 Å². The number of nitrogens with zero attached hydrogens (tertiary/aromatic N) is 2. The molecule has 0 bridgehead atoms. The summed E-state index contributed by atoms with van der Waals surface area (Å²) in [4.78, 5) is 14.6. The first-order valence-corrected chi connectivity index (χ1v) is 11.2. The Kier molecular flexibility index (Phi) is 7.47. The Morgan fingerprint density at radius 1 is 1.03 bits per heavy atom. The Labute approximate surface area is 197 Å². The number of anilines is 1. The third-order valence-electron chi connectivity index (χ3n) is 5.30. The molecule has 166 valence electrons. The van der Waals surface area contributed by atoms with Gasteiger partial charge in [-0.15, -0.1) is 0 Å². The van der Waals surface area contributed by atoms with Gasteiger partial charge in [0.2, 0.25) is 0 Å². The van der Waals surface area contributed by atoms with Crippen molar-refractivity contribution in [2.45, 2.75) is 12.8 Å². The van der Waals surface area contributed by atoms with Gasteiger partial charge in [0.15, 0.2) is 0 Å². The average Bonchev–Trinajstić information content (AvgIpc) is 3.20. The van der Waals surface area contributed by atoms with E-state index in [1.54, 1.807) is 24.4 Å². The molecule has 0 saturated carbocycles. The maximum Gasteiger partial charge on any atom is 0.339 e. The van der Waals surface area contributed by atoms with Crippen LogP contribution in [0.15, 0.2) is 70.5 Å². The maximum atomic E-state index is 12.2. The molecule has 0 aromatic heterocycles. The topological polar surface area (TPSA) is 66.0 Å². The summed E-state index contributed by atoms with van der Waals surface area (Å²) in [5, 5.41) is 7.68. The number of hydrogen-bond acceptors (Lipinski definition) is 4. The number of halogens is 2. The number of ether oxygens (including phenoxy) is 1. The van der Waals surface area contributed by atoms with Crippen LogP contribution in [-0.2, 0) is 4.74 Å². The first-order valence-electron chi connectivity index (χ1n) is 10.5. The fraction of sp³-hybridized carbons (Fsp3) is 0.250. The molecule has 2 aromatic carbocycles. The molecule has 2 aliphatic rings. The zero-order valence-corrected chi connectivity index (χ0v) is 19.0. The van der Waals surface area contributed by atoms with Gasteiger partial charge in [0.25, 0.3) is 0 Å². The highest BCUT2D eigenvalue weighted by atomic mass is 35.5. The van der Waals surface area contributed by atoms with E-state index in [9.17, 15) is 4.79 Å². The first kappa shape index (κ1) is 22.4. The molecule has 2 N–H and O–H groups in total. The monoisotopic (exact) mass is 470 g/mol. The van der Waals surface area contributed by atoms with Crippen LogP contribution < -0.4 is 10.7 Å². The SMILES string of the molecule is O=C(N/N=C\C1=C(N2CCOCC2)C(=C\c2ccccc2)/CC1)Nc1ccc(Cl)c(Cl)c1. The van der Waals surface area contributed by atoms with E-state index in [0.717, 1.165) is 31.5 Å². The molecule has 1 saturated heterocycles. The van der Waals surface area contributed by atoms with Crippen molar-refractivity contribution in [2.75, 3.05) is 31.6 Å². The van der Waals surface area contributed by atoms with Crippen LogP contribution in [0.4, 0.5) is 10.5 Å². The summed E-state index contributed by atoms with van der Waals surface area (Å²) in [5.74, 6) is 0. The molecule has 1 heterocycles. The molecule has 0 radical (unpaired) electrons. The van der Waals surface area contributed by atoms with Crippen LogP contribution in [0.25, 0.3) is 6.08 Å². The zero-order chi connectivity index (χ0) is 22.3. The normalized spacial score (nSPS) is 17.9. The van der Waals surface area contributed by atoms with Crippen LogP contribution in [-0.4, -0.2) is 43.4 Å². The van der Waals surface area contributed by atoms with Gasteiger partial charge >= 0.3 is 6.03 Å². The first-order chi connectivity index (χ1) is 15.6. The highest BCUT2D eigenvalue weighted by Crippen LogP contribution is 2.35. The molecule has 0 spiro atoms. The number of rotatable bonds is 5. The minimum Gasteiger partial charge on any atom is -0.378 e. The lowest BCUT2D eigenvalue weighted by atomic mass is 10.1. The molecule has 32 heavy (non-hydrogen) atoms. The van der Waals surface area contributed by atoms with E-state index in [1.807, 2.05) is 18.2 Å². The quantitative estimate of drug-likeness (QED) is 0.443. The number of morpholine rings is 1. The smallest absolute Gasteiger partial charge is 0.339 e. The molecule has 8 heteroatoms. The molecular weight excluding hydrogens is 447 g/mol. The van der Waals surface area contributed by atoms with E-state index in [1.165, 1.54) is 16.8 Å². The lowest BCUT2D eigenvalue weighted by molar-refractivity contribution is 0.0548. The summed E-state index contributed by atoms with van der Waals surface area (Å²) in [5.41, 5.74) is 7.80. The van der Waals surface area contributed by atoms with Crippen molar-refractivity contribution < 1.29 is 9.53 Å². The molecule has 1 fully saturated rings. The van der Waals surface area contributed by atoms with Gasteiger partial charge in [0.1, 0.15) is 0 Å². The van der Waals surface area contributed by atoms with Crippen LogP contribution in [0.2, 0.25) is 10.0 Å². The van der Waals surface area contributed by atoms with E-state index < -0.39 is 6.03 Å². The van der Waals surface area contributed by atoms with Gasteiger partial charge in [-0.25, -0.2) is 10.2 Å². The van der Waals surface area contributed by atoms with Crippen LogP contribution in [0.1, 0.15) is 18.4 Å². The molecule has 2 amide bonds. The molecule has 4 rings (SSSR count). The average molecular weight is 471 g/mol. The van der Waals surface area contributed by atoms with Crippen molar-refractivity contribution in [3.8, 4) is 0 Å². The summed E-state index contributed by atoms with van der Waals surface area (Å²) in [6.45, 7) is 3.09. The summed E-state index contributed by atoms with van der Waals surface area (Å²) < 4.78 is 5.53. The second-order valence-electron chi connectivity index (χ2n) is 7.51. The third kappa shape index (κ3) is 5.71. The Balaban J connectivity index is 1.49. The lowest BCUT2D eigenvalue weighted by Crippen LogP contribution is -2.36. The van der Waals surface area contributed by atoms with Crippen LogP contribution in [0, 0.1) is 0 Å². The van der Waals surface area contributed by atoms with Crippen molar-refractivity contribution in [1.82, 2.24) is 10.3 Å². The van der Waals surface area contributed by atoms with Gasteiger partial charge < -0.3 is 15.0 Å². The van der Waals surface area contributed by atoms with Crippen molar-refractivity contribution in [3.63, 3.8) is 0 Å². The third-order valence-corrected chi connectivity index (χ3v) is 6.04. The number of amides is 2. The number of urea groups is 1. The molecular formula is C24H24Cl2N4O2. The van der Waals surface area contributed by atoms with E-state index in [-0.39, 0.29) is 0 Å². The van der Waals surface area contributed by atoms with Crippen molar-refractivity contribution in [3.05, 3.63) is 81.0 Å². The second kappa shape index (κ2) is 10.7. The minimum absolute atomic E-state index is 0.372. The second-order valence-corrected chi connectivity index (χ2v) is 8.32. The van der Waals surface area contributed by atoms with Crippen LogP contribution in [0.5, 0.6) is 0 Å². The molecule has 6 nitrogen and oxygen atoms in total. The van der Waals surface area contributed by atoms with Gasteiger partial charge in [-0.3, -0.25) is 0 Å². The minimum atomic E-state index is -0.453. The predicted molar refractivity (Wildman–Crippen MR) is 130 cm³/mol. The van der Waals surface area contributed by atoms with Crippen molar-refractivity contribution in [2.24, 2.45) is 5.10 Å². The number of allylic oxidation sites excluding steroid dienone is 2. The molecule has 1 aliphatic heterocycles. The number of nitrogens with one attached hydrogen (secondary N) is 2. The highest BCUT2D eigenvalue weighted by Gasteiger charge is 2.25. The summed E-state index contributed by atoms with van der Waals surface area (Å²) in [7, 11) is 0. The Morgan fingerprint density at radius 2 is 1.81 bits per heavy atom. The lowest BCUT2D eigenvalue weighted by Gasteiger charge is -2.31. The van der Waals surface area contributed by atoms with Gasteiger partial charge in [-0.2, -0.15) is 5.10 Å². The standard InChI is InChI=1S/C24H24Cl2N4O2/c25-21-9-8-20(15-22(21)26)28-24(31)29-27-16-19-7-6-18(14-17-4-2-1-3-5-17)23(19)30-10-12-32-13-11-30/h1-5,8-9,14-16H,6-7,10-13H2,(H2,28,29,31)/b18-14-,27-16-. The van der Waals surface area contributed by atoms with E-state index in [2.05, 4.69) is 39.0 Å². The van der Waals surface area contributed by atoms with Gasteiger partial charge in [0, 0.05) is 24.5 Å². The molecule has 1 aliphatic carbocycles. The molecule has 0 atom stereocenters. The summed E-state index contributed by atoms with van der Waals surface area (Å²) in [6, 6.07) is 14.7. The summed E-state index contributed by atoms with van der Waals surface area (Å²) in [6.07, 6.45) is 5.77. The number of carbonyl (C=O) groups excluding carboxylic acids is 1. The van der Waals surface area contributed by atoms with E-state index in [0.29, 0.717) is 28.9 Å². The zero-order valence-electron chi connectivity index (χ0n) is 17.5. The number of hydrogen-bond donors (Lipinski definition) is 2. The van der Waals surface area contributed by atoms with Crippen molar-refractivity contribution in [1.29, 1.82) is 0 Å². The van der Waals surface area contributed by atoms with Gasteiger partial charge in [-0.05, 0) is 53.8 Å². The number of hydrazone groups is 1. The Bertz CT molecular complexity index is 1060. The van der Waals surface area contributed by atoms with Crippen molar-refractivity contribution >= 4 is 47.2 Å². The maximum absolute atomic E-state index is 12.2. The van der Waals surface area contributed by atoms with E-state index in [4.69, 9.17) is 27.9 Å². The largest absolute Gasteiger partial charge is 0.378 e. The van der Waals surface area contributed by atoms with E-state index >= 15 is 0 Å². The number of carbonyl (C=O) groups is 1. The van der Waals surface area contributed by atoms with Gasteiger partial charge in [0.05, 0.1) is 29.5 Å². The highest BCUT2D eigenvalue weighted by molar-refractivity contribution is 6.42. The molecule has 2 aromatic rings. The number of benzene rings is 2. The Morgan fingerprint density at radius 3 is 2.56 bits per heavy atom. The molecule has 0 unspecified atom stereocenters. The summed E-state index contributed by atoms with van der Waals surface area (Å²) >= 11 is 11.9. The fourth-order valence-corrected chi connectivity index (χ4v) is 4.12. The fourth-order valence-electron chi connectivity index (χ4n) is 3.82.